The zero-order valence-corrected chi connectivity index (χ0v) is 8.90. The number of allylic oxidation sites excluding steroid dienone is 4. The molecule has 0 spiro atoms. The Morgan fingerprint density at radius 2 is 2.23 bits per heavy atom. The maximum Gasteiger partial charge on any atom is 0.0273 e. The van der Waals surface area contributed by atoms with E-state index in [1.807, 2.05) is 13.0 Å². The Morgan fingerprint density at radius 3 is 2.77 bits per heavy atom. The van der Waals surface area contributed by atoms with Gasteiger partial charge in [-0.3, -0.25) is 0 Å². The van der Waals surface area contributed by atoms with Crippen molar-refractivity contribution < 1.29 is 0 Å². The molecule has 1 heteroatoms. The molecule has 1 rings (SSSR count). The van der Waals surface area contributed by atoms with Crippen LogP contribution in [0, 0.1) is 6.92 Å². The van der Waals surface area contributed by atoms with Gasteiger partial charge in [0.15, 0.2) is 0 Å². The summed E-state index contributed by atoms with van der Waals surface area (Å²) in [7, 11) is 0. The normalized spacial score (nSPS) is 12.3. The second kappa shape index (κ2) is 4.83. The average Bonchev–Trinajstić information content (AvgIpc) is 2.51. The van der Waals surface area contributed by atoms with Gasteiger partial charge >= 0.3 is 0 Å². The summed E-state index contributed by atoms with van der Waals surface area (Å²) in [6, 6.07) is 4.27. The molecule has 13 heavy (non-hydrogen) atoms. The van der Waals surface area contributed by atoms with Crippen LogP contribution in [0.3, 0.4) is 0 Å². The Labute approximate surface area is 83.9 Å². The van der Waals surface area contributed by atoms with Gasteiger partial charge in [-0.15, -0.1) is 11.3 Å². The first kappa shape index (κ1) is 10.0. The van der Waals surface area contributed by atoms with Crippen LogP contribution in [0.25, 0.3) is 6.08 Å². The van der Waals surface area contributed by atoms with Crippen molar-refractivity contribution in [2.75, 3.05) is 0 Å². The van der Waals surface area contributed by atoms with E-state index >= 15 is 0 Å². The van der Waals surface area contributed by atoms with Gasteiger partial charge in [0.2, 0.25) is 0 Å². The maximum atomic E-state index is 3.69. The van der Waals surface area contributed by atoms with Crippen LogP contribution in [0.15, 0.2) is 42.5 Å². The first-order valence-corrected chi connectivity index (χ1v) is 5.08. The van der Waals surface area contributed by atoms with Crippen molar-refractivity contribution in [1.82, 2.24) is 0 Å². The van der Waals surface area contributed by atoms with Crippen LogP contribution >= 0.6 is 11.3 Å². The molecule has 1 aromatic rings. The van der Waals surface area contributed by atoms with E-state index in [1.54, 1.807) is 11.3 Å². The maximum absolute atomic E-state index is 3.69. The highest BCUT2D eigenvalue weighted by Crippen LogP contribution is 2.16. The Kier molecular flexibility index (Phi) is 3.71. The summed E-state index contributed by atoms with van der Waals surface area (Å²) in [5, 5.41) is 0. The highest BCUT2D eigenvalue weighted by Gasteiger charge is 1.88. The SMILES string of the molecule is C=C/C(C)=C\C=C\c1ccc(C)s1. The molecule has 0 atom stereocenters. The summed E-state index contributed by atoms with van der Waals surface area (Å²) < 4.78 is 0. The molecule has 0 saturated heterocycles. The van der Waals surface area contributed by atoms with Crippen LogP contribution in [0.5, 0.6) is 0 Å². The number of hydrogen-bond acceptors (Lipinski definition) is 1. The first-order chi connectivity index (χ1) is 6.22. The lowest BCUT2D eigenvalue weighted by atomic mass is 10.2. The molecule has 1 aromatic heterocycles. The van der Waals surface area contributed by atoms with Crippen LogP contribution < -0.4 is 0 Å². The molecule has 0 aliphatic carbocycles. The number of thiophene rings is 1. The molecule has 0 aliphatic heterocycles. The van der Waals surface area contributed by atoms with Gasteiger partial charge in [0.25, 0.3) is 0 Å². The van der Waals surface area contributed by atoms with Gasteiger partial charge in [-0.05, 0) is 32.1 Å². The van der Waals surface area contributed by atoms with Crippen LogP contribution in [0.1, 0.15) is 16.7 Å². The lowest BCUT2D eigenvalue weighted by Crippen LogP contribution is -1.62. The zero-order chi connectivity index (χ0) is 9.68. The fourth-order valence-corrected chi connectivity index (χ4v) is 1.70. The minimum atomic E-state index is 1.18. The van der Waals surface area contributed by atoms with Crippen molar-refractivity contribution in [3.05, 3.63) is 52.3 Å². The summed E-state index contributed by atoms with van der Waals surface area (Å²) in [5.41, 5.74) is 1.18. The fourth-order valence-electron chi connectivity index (χ4n) is 0.906. The van der Waals surface area contributed by atoms with E-state index in [4.69, 9.17) is 0 Å². The predicted octanol–water partition coefficient (Wildman–Crippen LogP) is 4.20. The third-order valence-corrected chi connectivity index (χ3v) is 2.67. The van der Waals surface area contributed by atoms with Gasteiger partial charge in [0.1, 0.15) is 0 Å². The lowest BCUT2D eigenvalue weighted by molar-refractivity contribution is 1.54. The van der Waals surface area contributed by atoms with E-state index in [9.17, 15) is 0 Å². The molecule has 0 radical (unpaired) electrons. The minimum Gasteiger partial charge on any atom is -0.141 e. The van der Waals surface area contributed by atoms with Gasteiger partial charge < -0.3 is 0 Å². The van der Waals surface area contributed by atoms with E-state index < -0.39 is 0 Å². The highest BCUT2D eigenvalue weighted by atomic mass is 32.1. The van der Waals surface area contributed by atoms with Crippen molar-refractivity contribution in [3.8, 4) is 0 Å². The van der Waals surface area contributed by atoms with Gasteiger partial charge in [0.05, 0.1) is 0 Å². The third kappa shape index (κ3) is 3.43. The van der Waals surface area contributed by atoms with Crippen molar-refractivity contribution >= 4 is 17.4 Å². The topological polar surface area (TPSA) is 0 Å². The molecule has 0 fully saturated rings. The van der Waals surface area contributed by atoms with Crippen molar-refractivity contribution in [1.29, 1.82) is 0 Å². The standard InChI is InChI=1S/C12H14S/c1-4-10(2)6-5-7-12-9-8-11(3)13-12/h4-9H,1H2,2-3H3/b7-5+,10-6-. The average molecular weight is 190 g/mol. The molecule has 0 aromatic carbocycles. The van der Waals surface area contributed by atoms with Crippen LogP contribution in [0.2, 0.25) is 0 Å². The molecule has 0 bridgehead atoms. The molecule has 0 nitrogen and oxygen atoms in total. The number of aryl methyl sites for hydroxylation is 1. The molecule has 0 aliphatic rings. The molecular weight excluding hydrogens is 176 g/mol. The van der Waals surface area contributed by atoms with Gasteiger partial charge in [-0.1, -0.05) is 30.4 Å². The lowest BCUT2D eigenvalue weighted by Gasteiger charge is -1.84. The van der Waals surface area contributed by atoms with Gasteiger partial charge in [-0.25, -0.2) is 0 Å². The fraction of sp³-hybridized carbons (Fsp3) is 0.167. The second-order valence-corrected chi connectivity index (χ2v) is 4.24. The summed E-state index contributed by atoms with van der Waals surface area (Å²) in [4.78, 5) is 2.65. The van der Waals surface area contributed by atoms with Gasteiger partial charge in [-0.2, -0.15) is 0 Å². The van der Waals surface area contributed by atoms with Gasteiger partial charge in [0, 0.05) is 9.75 Å². The van der Waals surface area contributed by atoms with Crippen molar-refractivity contribution in [2.45, 2.75) is 13.8 Å². The quantitative estimate of drug-likeness (QED) is 0.626. The second-order valence-electron chi connectivity index (χ2n) is 2.92. The number of rotatable bonds is 3. The van der Waals surface area contributed by atoms with E-state index in [2.05, 4.69) is 43.9 Å². The molecule has 68 valence electrons. The van der Waals surface area contributed by atoms with Crippen LogP contribution in [-0.4, -0.2) is 0 Å². The summed E-state index contributed by atoms with van der Waals surface area (Å²) in [5.74, 6) is 0. The third-order valence-electron chi connectivity index (χ3n) is 1.70. The summed E-state index contributed by atoms with van der Waals surface area (Å²) in [6.07, 6.45) is 8.08. The Morgan fingerprint density at radius 1 is 1.46 bits per heavy atom. The summed E-state index contributed by atoms with van der Waals surface area (Å²) in [6.45, 7) is 7.85. The Balaban J connectivity index is 2.64. The van der Waals surface area contributed by atoms with Crippen LogP contribution in [0.4, 0.5) is 0 Å². The van der Waals surface area contributed by atoms with E-state index in [0.717, 1.165) is 0 Å². The smallest absolute Gasteiger partial charge is 0.0273 e. The monoisotopic (exact) mass is 190 g/mol. The molecule has 1 heterocycles. The molecule has 0 unspecified atom stereocenters. The van der Waals surface area contributed by atoms with E-state index in [1.165, 1.54) is 15.3 Å². The van der Waals surface area contributed by atoms with Crippen molar-refractivity contribution in [3.63, 3.8) is 0 Å². The predicted molar refractivity (Wildman–Crippen MR) is 62.0 cm³/mol. The minimum absolute atomic E-state index is 1.18. The van der Waals surface area contributed by atoms with E-state index in [-0.39, 0.29) is 0 Å². The van der Waals surface area contributed by atoms with E-state index in [0.29, 0.717) is 0 Å². The molecule has 0 amide bonds. The Bertz CT molecular complexity index is 340. The van der Waals surface area contributed by atoms with Crippen LogP contribution in [-0.2, 0) is 0 Å². The molecule has 0 N–H and O–H groups in total. The van der Waals surface area contributed by atoms with Crippen molar-refractivity contribution in [2.24, 2.45) is 0 Å². The molecular formula is C12H14S. The Hall–Kier alpha value is -1.08. The summed E-state index contributed by atoms with van der Waals surface area (Å²) >= 11 is 1.81. The zero-order valence-electron chi connectivity index (χ0n) is 8.08. The molecule has 0 saturated carbocycles. The highest BCUT2D eigenvalue weighted by molar-refractivity contribution is 7.12. The number of hydrogen-bond donors (Lipinski definition) is 0. The largest absolute Gasteiger partial charge is 0.141 e. The first-order valence-electron chi connectivity index (χ1n) is 4.26.